The quantitative estimate of drug-likeness (QED) is 0.597. The second-order valence-electron chi connectivity index (χ2n) is 7.17. The molecule has 1 fully saturated rings. The number of pyridine rings is 1. The molecule has 2 heterocycles. The fraction of sp³-hybridized carbons (Fsp3) is 0.429. The van der Waals surface area contributed by atoms with E-state index < -0.39 is 5.66 Å². The lowest BCUT2D eigenvalue weighted by Gasteiger charge is -2.38. The van der Waals surface area contributed by atoms with Crippen molar-refractivity contribution in [2.45, 2.75) is 31.8 Å². The van der Waals surface area contributed by atoms with Crippen molar-refractivity contribution in [3.63, 3.8) is 0 Å². The van der Waals surface area contributed by atoms with Gasteiger partial charge in [0.25, 0.3) is 0 Å². The van der Waals surface area contributed by atoms with Crippen molar-refractivity contribution in [1.29, 1.82) is 0 Å². The minimum Gasteiger partial charge on any atom is -0.330 e. The molecule has 150 valence electrons. The topological polar surface area (TPSA) is 66.1 Å². The molecule has 0 bridgehead atoms. The average molecular weight is 421 g/mol. The molecule has 1 aliphatic rings. The molecule has 0 aliphatic carbocycles. The molecule has 1 unspecified atom stereocenters. The maximum atomic E-state index is 12.2. The number of nitrogens with zero attached hydrogens (tertiary/aromatic N) is 1. The number of carbonyl (C=O) groups excluding carboxylic acids is 1. The number of benzene rings is 1. The number of hydrogen-bond donors (Lipinski definition) is 3. The maximum Gasteiger partial charge on any atom is 0.218 e. The van der Waals surface area contributed by atoms with Crippen molar-refractivity contribution in [2.24, 2.45) is 5.92 Å². The average Bonchev–Trinajstić information content (AvgIpc) is 2.68. The number of aromatic nitrogens is 1. The molecule has 0 saturated carbocycles. The smallest absolute Gasteiger partial charge is 0.218 e. The van der Waals surface area contributed by atoms with Crippen molar-refractivity contribution >= 4 is 29.1 Å². The van der Waals surface area contributed by atoms with Gasteiger partial charge in [-0.15, -0.1) is 0 Å². The molecular formula is C21H26Cl2N4O. The Morgan fingerprint density at radius 1 is 1.18 bits per heavy atom. The molecule has 3 N–H and O–H groups in total. The minimum absolute atomic E-state index is 0.179. The summed E-state index contributed by atoms with van der Waals surface area (Å²) in [6.45, 7) is 4.33. The Labute approximate surface area is 176 Å². The molecule has 7 heteroatoms. The molecule has 0 radical (unpaired) electrons. The summed E-state index contributed by atoms with van der Waals surface area (Å²) < 4.78 is 0. The first-order valence-corrected chi connectivity index (χ1v) is 10.4. The SMILES string of the molecule is CC(=O)NC(NCCC1CCNCC1)(c1ccncc1)c1c(Cl)cccc1Cl. The van der Waals surface area contributed by atoms with Crippen LogP contribution in [0.4, 0.5) is 0 Å². The zero-order valence-corrected chi connectivity index (χ0v) is 17.5. The number of halogens is 2. The first kappa shape index (κ1) is 21.1. The molecule has 2 aromatic rings. The predicted molar refractivity (Wildman–Crippen MR) is 114 cm³/mol. The van der Waals surface area contributed by atoms with Crippen LogP contribution in [0.15, 0.2) is 42.7 Å². The van der Waals surface area contributed by atoms with Gasteiger partial charge in [-0.2, -0.15) is 0 Å². The van der Waals surface area contributed by atoms with Crippen LogP contribution in [0.3, 0.4) is 0 Å². The van der Waals surface area contributed by atoms with E-state index in [1.807, 2.05) is 12.1 Å². The number of hydrogen-bond acceptors (Lipinski definition) is 4. The molecule has 1 aliphatic heterocycles. The molecule has 1 atom stereocenters. The van der Waals surface area contributed by atoms with Gasteiger partial charge in [0, 0.05) is 34.9 Å². The lowest BCUT2D eigenvalue weighted by Crippen LogP contribution is -2.57. The Hall–Kier alpha value is -1.66. The molecule has 1 saturated heterocycles. The van der Waals surface area contributed by atoms with Crippen molar-refractivity contribution in [3.8, 4) is 0 Å². The van der Waals surface area contributed by atoms with Crippen molar-refractivity contribution in [3.05, 3.63) is 63.9 Å². The summed E-state index contributed by atoms with van der Waals surface area (Å²) in [5.41, 5.74) is 0.444. The summed E-state index contributed by atoms with van der Waals surface area (Å²) in [4.78, 5) is 16.3. The summed E-state index contributed by atoms with van der Waals surface area (Å²) >= 11 is 13.2. The zero-order chi connectivity index (χ0) is 20.0. The van der Waals surface area contributed by atoms with Crippen LogP contribution in [0.25, 0.3) is 0 Å². The highest BCUT2D eigenvalue weighted by molar-refractivity contribution is 6.36. The molecule has 28 heavy (non-hydrogen) atoms. The van der Waals surface area contributed by atoms with E-state index >= 15 is 0 Å². The molecule has 1 aromatic heterocycles. The van der Waals surface area contributed by atoms with Crippen LogP contribution in [0.1, 0.15) is 37.3 Å². The standard InChI is InChI=1S/C21H26Cl2N4O/c1-15(28)27-21(17-8-12-25-13-9-17,20-18(22)3-2-4-19(20)23)26-14-7-16-5-10-24-11-6-16/h2-4,8-9,12-13,16,24,26H,5-7,10-11,14H2,1H3,(H,27,28). The normalized spacial score (nSPS) is 17.1. The van der Waals surface area contributed by atoms with Crippen LogP contribution < -0.4 is 16.0 Å². The van der Waals surface area contributed by atoms with Crippen LogP contribution >= 0.6 is 23.2 Å². The highest BCUT2D eigenvalue weighted by Gasteiger charge is 2.38. The Balaban J connectivity index is 1.99. The summed E-state index contributed by atoms with van der Waals surface area (Å²) in [6, 6.07) is 9.11. The van der Waals surface area contributed by atoms with E-state index in [1.54, 1.807) is 30.6 Å². The first-order valence-electron chi connectivity index (χ1n) is 9.62. The third-order valence-electron chi connectivity index (χ3n) is 5.22. The van der Waals surface area contributed by atoms with E-state index in [9.17, 15) is 4.79 Å². The van der Waals surface area contributed by atoms with Gasteiger partial charge in [-0.3, -0.25) is 15.1 Å². The number of rotatable bonds is 7. The van der Waals surface area contributed by atoms with Crippen molar-refractivity contribution < 1.29 is 4.79 Å². The van der Waals surface area contributed by atoms with Crippen LogP contribution in [-0.4, -0.2) is 30.5 Å². The Morgan fingerprint density at radius 2 is 1.82 bits per heavy atom. The van der Waals surface area contributed by atoms with E-state index in [2.05, 4.69) is 20.9 Å². The Morgan fingerprint density at radius 3 is 2.43 bits per heavy atom. The Bertz CT molecular complexity index is 776. The van der Waals surface area contributed by atoms with Crippen LogP contribution in [0.2, 0.25) is 10.0 Å². The van der Waals surface area contributed by atoms with Crippen LogP contribution in [0, 0.1) is 5.92 Å². The number of carbonyl (C=O) groups is 1. The molecule has 1 amide bonds. The summed E-state index contributed by atoms with van der Waals surface area (Å²) in [6.07, 6.45) is 6.74. The van der Waals surface area contributed by atoms with Gasteiger partial charge in [-0.1, -0.05) is 29.3 Å². The van der Waals surface area contributed by atoms with Gasteiger partial charge < -0.3 is 10.6 Å². The summed E-state index contributed by atoms with van der Waals surface area (Å²) in [7, 11) is 0. The van der Waals surface area contributed by atoms with E-state index in [0.717, 1.165) is 44.5 Å². The van der Waals surface area contributed by atoms with Crippen molar-refractivity contribution in [2.75, 3.05) is 19.6 Å². The first-order chi connectivity index (χ1) is 13.5. The van der Waals surface area contributed by atoms with Gasteiger partial charge >= 0.3 is 0 Å². The van der Waals surface area contributed by atoms with E-state index in [4.69, 9.17) is 23.2 Å². The number of nitrogens with one attached hydrogen (secondary N) is 3. The van der Waals surface area contributed by atoms with Gasteiger partial charge in [0.1, 0.15) is 5.66 Å². The van der Waals surface area contributed by atoms with Gasteiger partial charge in [0.15, 0.2) is 0 Å². The van der Waals surface area contributed by atoms with Gasteiger partial charge in [-0.05, 0) is 74.6 Å². The maximum absolute atomic E-state index is 12.2. The zero-order valence-electron chi connectivity index (χ0n) is 16.0. The van der Waals surface area contributed by atoms with E-state index in [-0.39, 0.29) is 5.91 Å². The largest absolute Gasteiger partial charge is 0.330 e. The second kappa shape index (κ2) is 9.70. The lowest BCUT2D eigenvalue weighted by molar-refractivity contribution is -0.120. The number of piperidine rings is 1. The molecule has 3 rings (SSSR count). The molecule has 1 aromatic carbocycles. The third-order valence-corrected chi connectivity index (χ3v) is 5.85. The van der Waals surface area contributed by atoms with Crippen molar-refractivity contribution in [1.82, 2.24) is 20.9 Å². The molecule has 5 nitrogen and oxygen atoms in total. The highest BCUT2D eigenvalue weighted by Crippen LogP contribution is 2.37. The van der Waals surface area contributed by atoms with Gasteiger partial charge in [0.2, 0.25) is 5.91 Å². The fourth-order valence-electron chi connectivity index (χ4n) is 3.87. The monoisotopic (exact) mass is 420 g/mol. The van der Waals surface area contributed by atoms with Gasteiger partial charge in [-0.25, -0.2) is 0 Å². The Kier molecular flexibility index (Phi) is 7.30. The summed E-state index contributed by atoms with van der Waals surface area (Å²) in [5, 5.41) is 11.0. The molecular weight excluding hydrogens is 395 g/mol. The number of amides is 1. The van der Waals surface area contributed by atoms with E-state index in [0.29, 0.717) is 21.5 Å². The third kappa shape index (κ3) is 4.84. The summed E-state index contributed by atoms with van der Waals surface area (Å²) in [5.74, 6) is 0.477. The second-order valence-corrected chi connectivity index (χ2v) is 7.99. The predicted octanol–water partition coefficient (Wildman–Crippen LogP) is 3.70. The fourth-order valence-corrected chi connectivity index (χ4v) is 4.55. The van der Waals surface area contributed by atoms with E-state index in [1.165, 1.54) is 6.92 Å². The van der Waals surface area contributed by atoms with Crippen LogP contribution in [-0.2, 0) is 10.5 Å². The van der Waals surface area contributed by atoms with Crippen LogP contribution in [0.5, 0.6) is 0 Å². The van der Waals surface area contributed by atoms with Gasteiger partial charge in [0.05, 0.1) is 0 Å². The molecule has 0 spiro atoms. The highest BCUT2D eigenvalue weighted by atomic mass is 35.5. The lowest BCUT2D eigenvalue weighted by atomic mass is 9.89. The minimum atomic E-state index is -1.03.